The van der Waals surface area contributed by atoms with Crippen molar-refractivity contribution in [1.29, 1.82) is 0 Å². The number of hydrogen-bond acceptors (Lipinski definition) is 5. The van der Waals surface area contributed by atoms with Crippen LogP contribution in [0.5, 0.6) is 0 Å². The van der Waals surface area contributed by atoms with Crippen LogP contribution in [0.2, 0.25) is 0 Å². The lowest BCUT2D eigenvalue weighted by molar-refractivity contribution is -0.146. The van der Waals surface area contributed by atoms with Gasteiger partial charge in [0, 0.05) is 25.7 Å². The van der Waals surface area contributed by atoms with Crippen LogP contribution in [0.25, 0.3) is 5.65 Å². The van der Waals surface area contributed by atoms with Gasteiger partial charge >= 0.3 is 6.18 Å². The summed E-state index contributed by atoms with van der Waals surface area (Å²) >= 11 is 0. The summed E-state index contributed by atoms with van der Waals surface area (Å²) in [5.41, 5.74) is 1.34. The molecule has 3 heterocycles. The Morgan fingerprint density at radius 2 is 1.74 bits per heavy atom. The van der Waals surface area contributed by atoms with Gasteiger partial charge in [-0.25, -0.2) is 0 Å². The number of alkyl halides is 3. The molecule has 0 unspecified atom stereocenters. The molecule has 6 nitrogen and oxygen atoms in total. The molecule has 9 heteroatoms. The monoisotopic (exact) mass is 374 g/mol. The maximum Gasteiger partial charge on any atom is 0.453 e. The molecule has 3 aromatic rings. The van der Waals surface area contributed by atoms with Gasteiger partial charge in [-0.2, -0.15) is 17.7 Å². The van der Waals surface area contributed by atoms with E-state index in [-0.39, 0.29) is 5.65 Å². The highest BCUT2D eigenvalue weighted by molar-refractivity contribution is 5.48. The van der Waals surface area contributed by atoms with E-state index in [1.807, 2.05) is 23.1 Å². The van der Waals surface area contributed by atoms with E-state index < -0.39 is 12.0 Å². The SMILES string of the molecule is FC(F)(F)c1nnc2ccc(N3C[C@@H]4[C@H](C3)[C@H]4NCc3ccccc3)nn12. The second-order valence-corrected chi connectivity index (χ2v) is 7.11. The van der Waals surface area contributed by atoms with Gasteiger partial charge in [0.1, 0.15) is 5.82 Å². The largest absolute Gasteiger partial charge is 0.453 e. The molecular weight excluding hydrogens is 357 g/mol. The van der Waals surface area contributed by atoms with Crippen LogP contribution < -0.4 is 10.2 Å². The summed E-state index contributed by atoms with van der Waals surface area (Å²) in [7, 11) is 0. The molecule has 1 aliphatic heterocycles. The molecule has 2 aliphatic rings. The second-order valence-electron chi connectivity index (χ2n) is 7.11. The van der Waals surface area contributed by atoms with Gasteiger partial charge in [-0.05, 0) is 29.5 Å². The zero-order valence-electron chi connectivity index (χ0n) is 14.3. The summed E-state index contributed by atoms with van der Waals surface area (Å²) in [6.45, 7) is 2.41. The van der Waals surface area contributed by atoms with Crippen molar-refractivity contribution in [2.75, 3.05) is 18.0 Å². The first-order valence-electron chi connectivity index (χ1n) is 8.82. The van der Waals surface area contributed by atoms with Gasteiger partial charge in [0.2, 0.25) is 0 Å². The van der Waals surface area contributed by atoms with E-state index in [1.165, 1.54) is 11.6 Å². The molecule has 2 fully saturated rings. The van der Waals surface area contributed by atoms with Crippen LogP contribution in [0.4, 0.5) is 19.0 Å². The minimum atomic E-state index is -4.58. The van der Waals surface area contributed by atoms with Crippen LogP contribution in [0.15, 0.2) is 42.5 Å². The first-order chi connectivity index (χ1) is 13.0. The molecule has 0 spiro atoms. The second kappa shape index (κ2) is 5.91. The fourth-order valence-electron chi connectivity index (χ4n) is 3.97. The van der Waals surface area contributed by atoms with Crippen molar-refractivity contribution >= 4 is 11.5 Å². The third-order valence-electron chi connectivity index (χ3n) is 5.41. The summed E-state index contributed by atoms with van der Waals surface area (Å²) in [4.78, 5) is 2.04. The Balaban J connectivity index is 1.26. The van der Waals surface area contributed by atoms with E-state index in [0.717, 1.165) is 24.1 Å². The summed E-state index contributed by atoms with van der Waals surface area (Å²) in [6.07, 6.45) is -4.58. The molecule has 1 aromatic carbocycles. The Morgan fingerprint density at radius 3 is 2.44 bits per heavy atom. The number of nitrogens with one attached hydrogen (secondary N) is 1. The van der Waals surface area contributed by atoms with Crippen molar-refractivity contribution in [2.24, 2.45) is 11.8 Å². The van der Waals surface area contributed by atoms with E-state index in [0.29, 0.717) is 23.7 Å². The lowest BCUT2D eigenvalue weighted by atomic mass is 10.2. The van der Waals surface area contributed by atoms with E-state index in [2.05, 4.69) is 32.7 Å². The fourth-order valence-corrected chi connectivity index (χ4v) is 3.97. The van der Waals surface area contributed by atoms with Gasteiger partial charge < -0.3 is 10.2 Å². The van der Waals surface area contributed by atoms with Gasteiger partial charge in [-0.3, -0.25) is 0 Å². The summed E-state index contributed by atoms with van der Waals surface area (Å²) in [6, 6.07) is 13.9. The number of hydrogen-bond donors (Lipinski definition) is 1. The third kappa shape index (κ3) is 2.91. The Hall–Kier alpha value is -2.68. The molecule has 27 heavy (non-hydrogen) atoms. The number of nitrogens with zero attached hydrogens (tertiary/aromatic N) is 5. The predicted octanol–water partition coefficient (Wildman–Crippen LogP) is 2.37. The number of benzene rings is 1. The van der Waals surface area contributed by atoms with Crippen molar-refractivity contribution in [3.63, 3.8) is 0 Å². The first-order valence-corrected chi connectivity index (χ1v) is 8.82. The molecule has 0 radical (unpaired) electrons. The quantitative estimate of drug-likeness (QED) is 0.760. The highest BCUT2D eigenvalue weighted by atomic mass is 19.4. The topological polar surface area (TPSA) is 58.4 Å². The normalized spacial score (nSPS) is 24.4. The Kier molecular flexibility index (Phi) is 3.61. The first kappa shape index (κ1) is 16.5. The Labute approximate surface area is 153 Å². The van der Waals surface area contributed by atoms with Gasteiger partial charge in [0.15, 0.2) is 5.65 Å². The average molecular weight is 374 g/mol. The zero-order chi connectivity index (χ0) is 18.6. The number of anilines is 1. The third-order valence-corrected chi connectivity index (χ3v) is 5.41. The van der Waals surface area contributed by atoms with Crippen LogP contribution in [0, 0.1) is 11.8 Å². The zero-order valence-corrected chi connectivity index (χ0v) is 14.3. The van der Waals surface area contributed by atoms with Gasteiger partial charge in [-0.1, -0.05) is 30.3 Å². The van der Waals surface area contributed by atoms with Gasteiger partial charge in [0.05, 0.1) is 0 Å². The van der Waals surface area contributed by atoms with E-state index in [1.54, 1.807) is 6.07 Å². The smallest absolute Gasteiger partial charge is 0.354 e. The summed E-state index contributed by atoms with van der Waals surface area (Å²) in [5, 5.41) is 14.5. The number of rotatable bonds is 4. The molecule has 1 aliphatic carbocycles. The van der Waals surface area contributed by atoms with Crippen LogP contribution >= 0.6 is 0 Å². The number of aromatic nitrogens is 4. The van der Waals surface area contributed by atoms with E-state index in [9.17, 15) is 13.2 Å². The maximum absolute atomic E-state index is 13.0. The highest BCUT2D eigenvalue weighted by Crippen LogP contribution is 2.46. The van der Waals surface area contributed by atoms with Crippen LogP contribution in [0.1, 0.15) is 11.4 Å². The van der Waals surface area contributed by atoms with Gasteiger partial charge in [0.25, 0.3) is 5.82 Å². The molecular formula is C18H17F3N6. The van der Waals surface area contributed by atoms with E-state index >= 15 is 0 Å². The predicted molar refractivity (Wildman–Crippen MR) is 92.0 cm³/mol. The molecule has 3 atom stereocenters. The van der Waals surface area contributed by atoms with Crippen LogP contribution in [-0.4, -0.2) is 38.9 Å². The number of piperidine rings is 1. The summed E-state index contributed by atoms with van der Waals surface area (Å²) in [5.74, 6) is 0.455. The Morgan fingerprint density at radius 1 is 1.00 bits per heavy atom. The molecule has 0 amide bonds. The van der Waals surface area contributed by atoms with Crippen LogP contribution in [-0.2, 0) is 12.7 Å². The minimum Gasteiger partial charge on any atom is -0.354 e. The summed E-state index contributed by atoms with van der Waals surface area (Å²) < 4.78 is 39.8. The molecule has 1 N–H and O–H groups in total. The number of fused-ring (bicyclic) bond motifs is 2. The highest BCUT2D eigenvalue weighted by Gasteiger charge is 2.55. The van der Waals surface area contributed by atoms with Crippen molar-refractivity contribution in [1.82, 2.24) is 25.1 Å². The van der Waals surface area contributed by atoms with Crippen molar-refractivity contribution in [3.05, 3.63) is 53.9 Å². The molecule has 1 saturated carbocycles. The fraction of sp³-hybridized carbons (Fsp3) is 0.389. The average Bonchev–Trinajstić information content (AvgIpc) is 3.03. The van der Waals surface area contributed by atoms with Crippen molar-refractivity contribution in [3.8, 4) is 0 Å². The van der Waals surface area contributed by atoms with Crippen molar-refractivity contribution in [2.45, 2.75) is 18.8 Å². The number of halogens is 3. The minimum absolute atomic E-state index is 0.0952. The van der Waals surface area contributed by atoms with Crippen LogP contribution in [0.3, 0.4) is 0 Å². The van der Waals surface area contributed by atoms with E-state index in [4.69, 9.17) is 0 Å². The standard InChI is InChI=1S/C18H17F3N6/c19-18(20,21)17-24-23-14-6-7-15(25-27(14)17)26-9-12-13(10-26)16(12)22-8-11-4-2-1-3-5-11/h1-7,12-13,16,22H,8-10H2/t12-,13+,16+. The maximum atomic E-state index is 13.0. The molecule has 140 valence electrons. The lowest BCUT2D eigenvalue weighted by Gasteiger charge is -2.21. The lowest BCUT2D eigenvalue weighted by Crippen LogP contribution is -2.31. The molecule has 1 saturated heterocycles. The molecule has 2 aromatic heterocycles. The molecule has 5 rings (SSSR count). The van der Waals surface area contributed by atoms with Gasteiger partial charge in [-0.15, -0.1) is 15.3 Å². The Bertz CT molecular complexity index is 958. The molecule has 0 bridgehead atoms. The van der Waals surface area contributed by atoms with Crippen molar-refractivity contribution < 1.29 is 13.2 Å².